The molecule has 0 aromatic heterocycles. The number of hydrogen-bond donors (Lipinski definition) is 2. The molecule has 0 spiro atoms. The van der Waals surface area contributed by atoms with Crippen LogP contribution in [-0.2, 0) is 6.18 Å². The minimum absolute atomic E-state index is 0.121. The van der Waals surface area contributed by atoms with E-state index in [1.807, 2.05) is 5.43 Å². The summed E-state index contributed by atoms with van der Waals surface area (Å²) in [5.41, 5.74) is 5.29. The topological polar surface area (TPSA) is 120 Å². The Hall–Kier alpha value is -3.63. The summed E-state index contributed by atoms with van der Waals surface area (Å²) in [6, 6.07) is 7.05. The van der Waals surface area contributed by atoms with Gasteiger partial charge >= 0.3 is 17.9 Å². The van der Waals surface area contributed by atoms with Crippen LogP contribution in [0.1, 0.15) is 11.1 Å². The lowest BCUT2D eigenvalue weighted by molar-refractivity contribution is -0.385. The lowest BCUT2D eigenvalue weighted by Gasteiger charge is -2.10. The van der Waals surface area contributed by atoms with Gasteiger partial charge in [-0.1, -0.05) is 12.1 Å². The Kier molecular flexibility index (Phi) is 5.40. The van der Waals surface area contributed by atoms with Crippen molar-refractivity contribution in [1.29, 1.82) is 0 Å². The quantitative estimate of drug-likeness (QED) is 0.477. The molecule has 0 aliphatic heterocycles. The Morgan fingerprint density at radius 1 is 1.27 bits per heavy atom. The Labute approximate surface area is 144 Å². The monoisotopic (exact) mass is 368 g/mol. The molecule has 2 rings (SSSR count). The molecule has 2 aromatic carbocycles. The van der Waals surface area contributed by atoms with E-state index in [0.717, 1.165) is 6.07 Å². The number of carbonyl (C=O) groups is 1. The average Bonchev–Trinajstić information content (AvgIpc) is 2.54. The fraction of sp³-hybridized carbons (Fsp3) is 0.0667. The Morgan fingerprint density at radius 3 is 2.62 bits per heavy atom. The Bertz CT molecular complexity index is 868. The van der Waals surface area contributed by atoms with E-state index in [1.165, 1.54) is 24.4 Å². The van der Waals surface area contributed by atoms with Gasteiger partial charge in [0.1, 0.15) is 5.75 Å². The van der Waals surface area contributed by atoms with Crippen molar-refractivity contribution in [3.05, 3.63) is 63.7 Å². The van der Waals surface area contributed by atoms with Crippen molar-refractivity contribution in [1.82, 2.24) is 5.43 Å². The van der Waals surface area contributed by atoms with Crippen LogP contribution in [0.5, 0.6) is 11.5 Å². The fourth-order valence-electron chi connectivity index (χ4n) is 1.88. The zero-order valence-corrected chi connectivity index (χ0v) is 12.9. The number of urea groups is 1. The van der Waals surface area contributed by atoms with Crippen LogP contribution < -0.4 is 15.9 Å². The van der Waals surface area contributed by atoms with Crippen LogP contribution in [0, 0.1) is 10.1 Å². The first-order valence-electron chi connectivity index (χ1n) is 6.89. The minimum Gasteiger partial charge on any atom is -0.450 e. The zero-order valence-electron chi connectivity index (χ0n) is 12.9. The van der Waals surface area contributed by atoms with E-state index in [1.54, 1.807) is 6.07 Å². The predicted octanol–water partition coefficient (Wildman–Crippen LogP) is 3.41. The lowest BCUT2D eigenvalue weighted by atomic mass is 10.2. The molecular weight excluding hydrogens is 357 g/mol. The summed E-state index contributed by atoms with van der Waals surface area (Å²) in [5.74, 6) is -0.233. The number of nitrogens with one attached hydrogen (secondary N) is 1. The molecular formula is C15H11F3N4O4. The highest BCUT2D eigenvalue weighted by Crippen LogP contribution is 2.37. The first-order valence-corrected chi connectivity index (χ1v) is 6.89. The summed E-state index contributed by atoms with van der Waals surface area (Å²) in [7, 11) is 0. The molecule has 2 aromatic rings. The number of rotatable bonds is 5. The molecule has 136 valence electrons. The maximum Gasteiger partial charge on any atom is 0.416 e. The molecule has 8 nitrogen and oxygen atoms in total. The number of nitro benzene ring substituents is 1. The van der Waals surface area contributed by atoms with Crippen molar-refractivity contribution >= 4 is 17.9 Å². The number of carbonyl (C=O) groups excluding carboxylic acids is 1. The van der Waals surface area contributed by atoms with Gasteiger partial charge in [-0.3, -0.25) is 10.1 Å². The van der Waals surface area contributed by atoms with E-state index in [9.17, 15) is 28.1 Å². The number of ether oxygens (including phenoxy) is 1. The largest absolute Gasteiger partial charge is 0.450 e. The molecule has 0 aliphatic carbocycles. The van der Waals surface area contributed by atoms with Gasteiger partial charge < -0.3 is 10.5 Å². The van der Waals surface area contributed by atoms with E-state index < -0.39 is 28.4 Å². The Balaban J connectivity index is 2.29. The molecule has 0 bridgehead atoms. The number of primary amides is 1. The molecule has 2 amide bonds. The number of nitrogens with zero attached hydrogens (tertiary/aromatic N) is 2. The molecule has 0 fully saturated rings. The van der Waals surface area contributed by atoms with Gasteiger partial charge in [-0.05, 0) is 29.8 Å². The second kappa shape index (κ2) is 7.51. The second-order valence-corrected chi connectivity index (χ2v) is 4.85. The molecule has 0 radical (unpaired) electrons. The van der Waals surface area contributed by atoms with Crippen LogP contribution in [0.4, 0.5) is 23.7 Å². The highest BCUT2D eigenvalue weighted by atomic mass is 19.4. The number of benzene rings is 2. The average molecular weight is 368 g/mol. The van der Waals surface area contributed by atoms with Gasteiger partial charge in [0.05, 0.1) is 16.7 Å². The Morgan fingerprint density at radius 2 is 2.00 bits per heavy atom. The fourth-order valence-corrected chi connectivity index (χ4v) is 1.88. The van der Waals surface area contributed by atoms with Crippen LogP contribution in [0.3, 0.4) is 0 Å². The summed E-state index contributed by atoms with van der Waals surface area (Å²) < 4.78 is 43.4. The highest BCUT2D eigenvalue weighted by Gasteiger charge is 2.33. The van der Waals surface area contributed by atoms with Gasteiger partial charge in [-0.25, -0.2) is 10.2 Å². The van der Waals surface area contributed by atoms with Crippen molar-refractivity contribution in [3.63, 3.8) is 0 Å². The van der Waals surface area contributed by atoms with Crippen LogP contribution >= 0.6 is 0 Å². The molecule has 0 unspecified atom stereocenters. The van der Waals surface area contributed by atoms with Crippen LogP contribution in [0.25, 0.3) is 0 Å². The number of hydrazone groups is 1. The zero-order chi connectivity index (χ0) is 19.3. The van der Waals surface area contributed by atoms with Crippen molar-refractivity contribution in [2.75, 3.05) is 0 Å². The molecule has 0 aliphatic rings. The van der Waals surface area contributed by atoms with Gasteiger partial charge in [-0.15, -0.1) is 0 Å². The standard InChI is InChI=1S/C15H11F3N4O4/c16-15(17,18)10-4-5-13(12(7-10)22(24)25)26-11-3-1-2-9(6-11)8-20-21-14(19)23/h1-8H,(H3,19,21,23)/b20-8-. The molecule has 0 heterocycles. The van der Waals surface area contributed by atoms with Crippen molar-refractivity contribution in [2.24, 2.45) is 10.8 Å². The molecule has 11 heteroatoms. The van der Waals surface area contributed by atoms with Gasteiger partial charge in [0.15, 0.2) is 0 Å². The molecule has 0 saturated heterocycles. The van der Waals surface area contributed by atoms with E-state index in [0.29, 0.717) is 17.7 Å². The van der Waals surface area contributed by atoms with E-state index >= 15 is 0 Å². The van der Waals surface area contributed by atoms with Crippen LogP contribution in [0.2, 0.25) is 0 Å². The van der Waals surface area contributed by atoms with E-state index in [4.69, 9.17) is 10.5 Å². The first kappa shape index (κ1) is 18.7. The number of alkyl halides is 3. The first-order chi connectivity index (χ1) is 12.2. The maximum absolute atomic E-state index is 12.7. The number of halogens is 3. The van der Waals surface area contributed by atoms with Crippen LogP contribution in [-0.4, -0.2) is 17.2 Å². The third kappa shape index (κ3) is 4.93. The summed E-state index contributed by atoms with van der Waals surface area (Å²) in [4.78, 5) is 20.6. The normalized spacial score (nSPS) is 11.3. The van der Waals surface area contributed by atoms with Crippen LogP contribution in [0.15, 0.2) is 47.6 Å². The summed E-state index contributed by atoms with van der Waals surface area (Å²) in [6.45, 7) is 0. The van der Waals surface area contributed by atoms with Gasteiger partial charge in [0.25, 0.3) is 0 Å². The predicted molar refractivity (Wildman–Crippen MR) is 84.9 cm³/mol. The number of nitrogens with two attached hydrogens (primary N) is 1. The minimum atomic E-state index is -4.72. The lowest BCUT2D eigenvalue weighted by Crippen LogP contribution is -2.24. The highest BCUT2D eigenvalue weighted by molar-refractivity contribution is 5.82. The van der Waals surface area contributed by atoms with E-state index in [-0.39, 0.29) is 11.5 Å². The number of nitro groups is 1. The number of hydrogen-bond acceptors (Lipinski definition) is 5. The third-order valence-electron chi connectivity index (χ3n) is 2.96. The van der Waals surface area contributed by atoms with Gasteiger partial charge in [0, 0.05) is 6.07 Å². The van der Waals surface area contributed by atoms with E-state index in [2.05, 4.69) is 5.10 Å². The third-order valence-corrected chi connectivity index (χ3v) is 2.96. The SMILES string of the molecule is NC(=O)N/N=C\c1cccc(Oc2ccc(C(F)(F)F)cc2[N+](=O)[O-])c1. The second-order valence-electron chi connectivity index (χ2n) is 4.85. The summed E-state index contributed by atoms with van der Waals surface area (Å²) >= 11 is 0. The molecule has 0 saturated carbocycles. The van der Waals surface area contributed by atoms with Gasteiger partial charge in [-0.2, -0.15) is 18.3 Å². The van der Waals surface area contributed by atoms with Crippen molar-refractivity contribution in [3.8, 4) is 11.5 Å². The molecule has 26 heavy (non-hydrogen) atoms. The van der Waals surface area contributed by atoms with Gasteiger partial charge in [0.2, 0.25) is 5.75 Å². The summed E-state index contributed by atoms with van der Waals surface area (Å²) in [6.07, 6.45) is -3.48. The smallest absolute Gasteiger partial charge is 0.416 e. The van der Waals surface area contributed by atoms with Crippen molar-refractivity contribution < 1.29 is 27.6 Å². The molecule has 0 atom stereocenters. The molecule has 3 N–H and O–H groups in total. The summed E-state index contributed by atoms with van der Waals surface area (Å²) in [5, 5.41) is 14.6. The number of amides is 2. The maximum atomic E-state index is 12.7. The van der Waals surface area contributed by atoms with Crippen molar-refractivity contribution in [2.45, 2.75) is 6.18 Å².